The number of likely N-dealkylation sites (tertiary alicyclic amines) is 1. The van der Waals surface area contributed by atoms with E-state index in [-0.39, 0.29) is 0 Å². The first-order valence-corrected chi connectivity index (χ1v) is 4.80. The molecule has 1 heterocycles. The third kappa shape index (κ3) is 2.44. The van der Waals surface area contributed by atoms with Gasteiger partial charge in [0.2, 0.25) is 0 Å². The van der Waals surface area contributed by atoms with E-state index in [1.165, 1.54) is 0 Å². The van der Waals surface area contributed by atoms with Crippen molar-refractivity contribution in [3.8, 4) is 0 Å². The van der Waals surface area contributed by atoms with E-state index in [2.05, 4.69) is 24.2 Å². The van der Waals surface area contributed by atoms with E-state index in [1.54, 1.807) is 0 Å². The quantitative estimate of drug-likeness (QED) is 0.624. The molecule has 0 saturated carbocycles. The summed E-state index contributed by atoms with van der Waals surface area (Å²) in [4.78, 5) is 2.32. The van der Waals surface area contributed by atoms with Crippen LogP contribution >= 0.6 is 0 Å². The molecule has 0 aliphatic carbocycles. The van der Waals surface area contributed by atoms with E-state index in [0.717, 1.165) is 26.1 Å². The zero-order valence-corrected chi connectivity index (χ0v) is 8.08. The lowest BCUT2D eigenvalue weighted by molar-refractivity contribution is 0.111. The summed E-state index contributed by atoms with van der Waals surface area (Å²) in [5, 5.41) is 12.5. The standard InChI is InChI=1S/C9H20N2O/c1-3-10-9-6-11(2)5-4-8(9)7-12/h8-10,12H,3-7H2,1-2H3. The summed E-state index contributed by atoms with van der Waals surface area (Å²) in [6, 6.07) is 0.485. The first-order chi connectivity index (χ1) is 5.77. The van der Waals surface area contributed by atoms with Crippen molar-refractivity contribution in [2.75, 3.05) is 33.3 Å². The molecule has 1 saturated heterocycles. The molecule has 3 nitrogen and oxygen atoms in total. The van der Waals surface area contributed by atoms with Crippen LogP contribution in [-0.2, 0) is 0 Å². The van der Waals surface area contributed by atoms with Crippen LogP contribution in [0.1, 0.15) is 13.3 Å². The number of likely N-dealkylation sites (N-methyl/N-ethyl adjacent to an activating group) is 2. The lowest BCUT2D eigenvalue weighted by atomic mass is 9.92. The number of rotatable bonds is 3. The Morgan fingerprint density at radius 1 is 1.58 bits per heavy atom. The van der Waals surface area contributed by atoms with E-state index in [4.69, 9.17) is 5.11 Å². The average molecular weight is 172 g/mol. The molecule has 1 rings (SSSR count). The summed E-state index contributed by atoms with van der Waals surface area (Å²) in [5.41, 5.74) is 0. The fourth-order valence-corrected chi connectivity index (χ4v) is 1.88. The summed E-state index contributed by atoms with van der Waals surface area (Å²) in [5.74, 6) is 0.459. The van der Waals surface area contributed by atoms with Gasteiger partial charge in [-0.1, -0.05) is 6.92 Å². The van der Waals surface area contributed by atoms with Crippen LogP contribution in [0.2, 0.25) is 0 Å². The highest BCUT2D eigenvalue weighted by Gasteiger charge is 2.25. The zero-order valence-electron chi connectivity index (χ0n) is 8.08. The number of aliphatic hydroxyl groups is 1. The van der Waals surface area contributed by atoms with Crippen molar-refractivity contribution < 1.29 is 5.11 Å². The first-order valence-electron chi connectivity index (χ1n) is 4.80. The third-order valence-corrected chi connectivity index (χ3v) is 2.66. The van der Waals surface area contributed by atoms with Crippen molar-refractivity contribution in [1.82, 2.24) is 10.2 Å². The summed E-state index contributed by atoms with van der Waals surface area (Å²) < 4.78 is 0. The Labute approximate surface area is 74.8 Å². The van der Waals surface area contributed by atoms with Crippen LogP contribution in [0, 0.1) is 5.92 Å². The molecule has 0 aromatic heterocycles. The van der Waals surface area contributed by atoms with Gasteiger partial charge in [-0.05, 0) is 32.5 Å². The van der Waals surface area contributed by atoms with Crippen LogP contribution in [0.15, 0.2) is 0 Å². The minimum absolute atomic E-state index is 0.325. The highest BCUT2D eigenvalue weighted by molar-refractivity contribution is 4.83. The van der Waals surface area contributed by atoms with Gasteiger partial charge in [0.25, 0.3) is 0 Å². The second-order valence-corrected chi connectivity index (χ2v) is 3.66. The molecular weight excluding hydrogens is 152 g/mol. The molecule has 0 amide bonds. The monoisotopic (exact) mass is 172 g/mol. The van der Waals surface area contributed by atoms with Crippen molar-refractivity contribution in [2.24, 2.45) is 5.92 Å². The van der Waals surface area contributed by atoms with Gasteiger partial charge in [-0.2, -0.15) is 0 Å². The number of nitrogens with zero attached hydrogens (tertiary/aromatic N) is 1. The Hall–Kier alpha value is -0.120. The highest BCUT2D eigenvalue weighted by atomic mass is 16.3. The van der Waals surface area contributed by atoms with Crippen molar-refractivity contribution in [3.63, 3.8) is 0 Å². The van der Waals surface area contributed by atoms with Gasteiger partial charge in [0.15, 0.2) is 0 Å². The highest BCUT2D eigenvalue weighted by Crippen LogP contribution is 2.15. The SMILES string of the molecule is CCNC1CN(C)CCC1CO. The second-order valence-electron chi connectivity index (χ2n) is 3.66. The fraction of sp³-hybridized carbons (Fsp3) is 1.00. The van der Waals surface area contributed by atoms with Crippen LogP contribution in [-0.4, -0.2) is 49.3 Å². The van der Waals surface area contributed by atoms with E-state index in [9.17, 15) is 0 Å². The number of hydrogen-bond donors (Lipinski definition) is 2. The largest absolute Gasteiger partial charge is 0.396 e. The van der Waals surface area contributed by atoms with Gasteiger partial charge in [0.1, 0.15) is 0 Å². The molecule has 3 heteroatoms. The summed E-state index contributed by atoms with van der Waals surface area (Å²) >= 11 is 0. The molecule has 2 unspecified atom stereocenters. The molecule has 1 aliphatic heterocycles. The number of aliphatic hydroxyl groups excluding tert-OH is 1. The zero-order chi connectivity index (χ0) is 8.97. The minimum Gasteiger partial charge on any atom is -0.396 e. The maximum Gasteiger partial charge on any atom is 0.0475 e. The molecule has 72 valence electrons. The topological polar surface area (TPSA) is 35.5 Å². The normalized spacial score (nSPS) is 32.2. The van der Waals surface area contributed by atoms with Gasteiger partial charge in [-0.25, -0.2) is 0 Å². The molecule has 2 atom stereocenters. The Kier molecular flexibility index (Phi) is 3.98. The van der Waals surface area contributed by atoms with Crippen LogP contribution in [0.5, 0.6) is 0 Å². The molecule has 0 bridgehead atoms. The van der Waals surface area contributed by atoms with E-state index in [0.29, 0.717) is 18.6 Å². The number of piperidine rings is 1. The lowest BCUT2D eigenvalue weighted by Crippen LogP contribution is -2.50. The van der Waals surface area contributed by atoms with Crippen LogP contribution in [0.4, 0.5) is 0 Å². The van der Waals surface area contributed by atoms with Crippen molar-refractivity contribution in [3.05, 3.63) is 0 Å². The molecule has 2 N–H and O–H groups in total. The van der Waals surface area contributed by atoms with Crippen molar-refractivity contribution in [1.29, 1.82) is 0 Å². The first kappa shape index (κ1) is 9.96. The van der Waals surface area contributed by atoms with Crippen LogP contribution in [0.25, 0.3) is 0 Å². The van der Waals surface area contributed by atoms with Gasteiger partial charge in [-0.3, -0.25) is 0 Å². The van der Waals surface area contributed by atoms with Gasteiger partial charge < -0.3 is 15.3 Å². The second kappa shape index (κ2) is 4.80. The average Bonchev–Trinajstić information content (AvgIpc) is 2.05. The summed E-state index contributed by atoms with van der Waals surface area (Å²) in [7, 11) is 2.14. The number of nitrogens with one attached hydrogen (secondary N) is 1. The van der Waals surface area contributed by atoms with Gasteiger partial charge in [0.05, 0.1) is 0 Å². The summed E-state index contributed by atoms with van der Waals surface area (Å²) in [6.07, 6.45) is 1.12. The van der Waals surface area contributed by atoms with E-state index >= 15 is 0 Å². The van der Waals surface area contributed by atoms with Gasteiger partial charge in [-0.15, -0.1) is 0 Å². The molecule has 1 aliphatic rings. The predicted octanol–water partition coefficient (Wildman–Crippen LogP) is -0.0915. The van der Waals surface area contributed by atoms with Crippen molar-refractivity contribution in [2.45, 2.75) is 19.4 Å². The Morgan fingerprint density at radius 3 is 2.92 bits per heavy atom. The lowest BCUT2D eigenvalue weighted by Gasteiger charge is -2.36. The van der Waals surface area contributed by atoms with Gasteiger partial charge >= 0.3 is 0 Å². The molecule has 0 radical (unpaired) electrons. The minimum atomic E-state index is 0.325. The smallest absolute Gasteiger partial charge is 0.0475 e. The number of hydrogen-bond acceptors (Lipinski definition) is 3. The maximum absolute atomic E-state index is 9.12. The molecule has 0 aromatic rings. The third-order valence-electron chi connectivity index (χ3n) is 2.66. The maximum atomic E-state index is 9.12. The summed E-state index contributed by atoms with van der Waals surface area (Å²) in [6.45, 7) is 5.62. The molecular formula is C9H20N2O. The van der Waals surface area contributed by atoms with E-state index in [1.807, 2.05) is 0 Å². The van der Waals surface area contributed by atoms with Crippen LogP contribution < -0.4 is 5.32 Å². The Bertz CT molecular complexity index is 130. The molecule has 0 aromatic carbocycles. The molecule has 0 spiro atoms. The van der Waals surface area contributed by atoms with Crippen LogP contribution in [0.3, 0.4) is 0 Å². The Balaban J connectivity index is 2.40. The molecule has 1 fully saturated rings. The van der Waals surface area contributed by atoms with Crippen molar-refractivity contribution >= 4 is 0 Å². The predicted molar refractivity (Wildman–Crippen MR) is 50.2 cm³/mol. The Morgan fingerprint density at radius 2 is 2.33 bits per heavy atom. The molecule has 12 heavy (non-hydrogen) atoms. The fourth-order valence-electron chi connectivity index (χ4n) is 1.88. The van der Waals surface area contributed by atoms with Gasteiger partial charge in [0, 0.05) is 19.2 Å². The van der Waals surface area contributed by atoms with E-state index < -0.39 is 0 Å².